The van der Waals surface area contributed by atoms with Crippen LogP contribution in [0.4, 0.5) is 0 Å². The lowest BCUT2D eigenvalue weighted by atomic mass is 10.0. The Balaban J connectivity index is 1.78. The summed E-state index contributed by atoms with van der Waals surface area (Å²) in [4.78, 5) is 10.9. The van der Waals surface area contributed by atoms with E-state index < -0.39 is 0 Å². The van der Waals surface area contributed by atoms with Crippen LogP contribution in [0.1, 0.15) is 24.1 Å². The van der Waals surface area contributed by atoms with E-state index in [1.807, 2.05) is 0 Å². The normalized spacial score (nSPS) is 26.6. The Morgan fingerprint density at radius 3 is 3.22 bits per heavy atom. The van der Waals surface area contributed by atoms with Gasteiger partial charge in [0.15, 0.2) is 0 Å². The number of aromatic nitrogens is 2. The van der Waals surface area contributed by atoms with E-state index in [4.69, 9.17) is 11.6 Å². The molecular weight excluding hydrogens is 266 g/mol. The number of rotatable bonds is 1. The summed E-state index contributed by atoms with van der Waals surface area (Å²) in [5, 5.41) is 4.08. The third kappa shape index (κ3) is 1.76. The standard InChI is InChI=1S/C13H12ClN3S/c14-12-6-15-10-5-11(18-13(10)17-12)7-3-8-1-2-9(4-7)16-8/h3,5-6,8-9,16H,1-2,4H2/t8-,9+/m0/s1. The first-order chi connectivity index (χ1) is 8.78. The average Bonchev–Trinajstić information content (AvgIpc) is 2.92. The molecular formula is C13H12ClN3S. The number of thiophene rings is 1. The third-order valence-electron chi connectivity index (χ3n) is 3.67. The van der Waals surface area contributed by atoms with Gasteiger partial charge in [0, 0.05) is 17.0 Å². The number of nitrogens with zero attached hydrogens (tertiary/aromatic N) is 2. The van der Waals surface area contributed by atoms with Gasteiger partial charge in [0.2, 0.25) is 0 Å². The zero-order valence-corrected chi connectivity index (χ0v) is 11.3. The maximum atomic E-state index is 5.88. The molecule has 4 heterocycles. The number of hydrogen-bond donors (Lipinski definition) is 1. The highest BCUT2D eigenvalue weighted by atomic mass is 35.5. The molecule has 0 amide bonds. The lowest BCUT2D eigenvalue weighted by molar-refractivity contribution is 0.575. The maximum Gasteiger partial charge on any atom is 0.149 e. The van der Waals surface area contributed by atoms with Gasteiger partial charge in [-0.2, -0.15) is 0 Å². The molecule has 0 spiro atoms. The monoisotopic (exact) mass is 277 g/mol. The maximum absolute atomic E-state index is 5.88. The fourth-order valence-corrected chi connectivity index (χ4v) is 4.06. The first kappa shape index (κ1) is 10.9. The van der Waals surface area contributed by atoms with Crippen LogP contribution in [0, 0.1) is 0 Å². The van der Waals surface area contributed by atoms with E-state index in [-0.39, 0.29) is 0 Å². The molecule has 18 heavy (non-hydrogen) atoms. The van der Waals surface area contributed by atoms with Gasteiger partial charge >= 0.3 is 0 Å². The molecule has 0 aliphatic carbocycles. The predicted octanol–water partition coefficient (Wildman–Crippen LogP) is 3.25. The van der Waals surface area contributed by atoms with Gasteiger partial charge in [0.25, 0.3) is 0 Å². The minimum atomic E-state index is 0.468. The van der Waals surface area contributed by atoms with E-state index in [0.717, 1.165) is 16.8 Å². The predicted molar refractivity (Wildman–Crippen MR) is 75.0 cm³/mol. The van der Waals surface area contributed by atoms with Crippen molar-refractivity contribution in [2.75, 3.05) is 0 Å². The van der Waals surface area contributed by atoms with Crippen LogP contribution in [0.5, 0.6) is 0 Å². The molecule has 4 rings (SSSR count). The van der Waals surface area contributed by atoms with Gasteiger partial charge in [-0.25, -0.2) is 4.98 Å². The smallest absolute Gasteiger partial charge is 0.149 e. The Kier molecular flexibility index (Phi) is 2.43. The minimum absolute atomic E-state index is 0.468. The first-order valence-corrected chi connectivity index (χ1v) is 7.36. The lowest BCUT2D eigenvalue weighted by Gasteiger charge is -2.20. The van der Waals surface area contributed by atoms with Gasteiger partial charge in [-0.05, 0) is 30.9 Å². The molecule has 1 N–H and O–H groups in total. The van der Waals surface area contributed by atoms with E-state index in [0.29, 0.717) is 17.2 Å². The first-order valence-electron chi connectivity index (χ1n) is 6.17. The molecule has 92 valence electrons. The SMILES string of the molecule is Clc1cnc2cc(C3=C[C@@H]4CC[C@H](C3)N4)sc2n1. The molecule has 2 bridgehead atoms. The van der Waals surface area contributed by atoms with Crippen molar-refractivity contribution < 1.29 is 0 Å². The molecule has 0 radical (unpaired) electrons. The van der Waals surface area contributed by atoms with Crippen LogP contribution < -0.4 is 5.32 Å². The van der Waals surface area contributed by atoms with Gasteiger partial charge in [-0.15, -0.1) is 11.3 Å². The van der Waals surface area contributed by atoms with E-state index in [2.05, 4.69) is 27.4 Å². The summed E-state index contributed by atoms with van der Waals surface area (Å²) >= 11 is 7.57. The molecule has 0 aromatic carbocycles. The minimum Gasteiger partial charge on any atom is -0.307 e. The Morgan fingerprint density at radius 1 is 1.39 bits per heavy atom. The summed E-state index contributed by atoms with van der Waals surface area (Å²) in [5.41, 5.74) is 2.40. The Bertz CT molecular complexity index is 649. The topological polar surface area (TPSA) is 37.8 Å². The number of hydrogen-bond acceptors (Lipinski definition) is 4. The molecule has 1 saturated heterocycles. The fourth-order valence-electron chi connectivity index (χ4n) is 2.85. The van der Waals surface area contributed by atoms with Crippen LogP contribution in [0.25, 0.3) is 15.9 Å². The molecule has 0 saturated carbocycles. The van der Waals surface area contributed by atoms with Crippen LogP contribution >= 0.6 is 22.9 Å². The summed E-state index contributed by atoms with van der Waals surface area (Å²) in [6, 6.07) is 3.36. The van der Waals surface area contributed by atoms with Crippen LogP contribution in [-0.2, 0) is 0 Å². The summed E-state index contributed by atoms with van der Waals surface area (Å²) in [5.74, 6) is 0. The third-order valence-corrected chi connectivity index (χ3v) is 4.95. The average molecular weight is 278 g/mol. The van der Waals surface area contributed by atoms with Crippen LogP contribution in [-0.4, -0.2) is 22.1 Å². The summed E-state index contributed by atoms with van der Waals surface area (Å²) in [7, 11) is 0. The highest BCUT2D eigenvalue weighted by Gasteiger charge is 2.28. The van der Waals surface area contributed by atoms with E-state index in [9.17, 15) is 0 Å². The van der Waals surface area contributed by atoms with Crippen molar-refractivity contribution in [1.29, 1.82) is 0 Å². The van der Waals surface area contributed by atoms with Crippen molar-refractivity contribution in [3.05, 3.63) is 28.4 Å². The number of nitrogens with one attached hydrogen (secondary N) is 1. The van der Waals surface area contributed by atoms with Crippen molar-refractivity contribution in [2.45, 2.75) is 31.3 Å². The zero-order valence-electron chi connectivity index (χ0n) is 9.69. The molecule has 3 nitrogen and oxygen atoms in total. The van der Waals surface area contributed by atoms with Gasteiger partial charge < -0.3 is 5.32 Å². The lowest BCUT2D eigenvalue weighted by Crippen LogP contribution is -2.31. The van der Waals surface area contributed by atoms with E-state index in [1.165, 1.54) is 23.3 Å². The summed E-state index contributed by atoms with van der Waals surface area (Å²) in [6.07, 6.45) is 7.66. The van der Waals surface area contributed by atoms with Crippen LogP contribution in [0.15, 0.2) is 18.3 Å². The van der Waals surface area contributed by atoms with Crippen molar-refractivity contribution in [3.8, 4) is 0 Å². The summed E-state index contributed by atoms with van der Waals surface area (Å²) in [6.45, 7) is 0. The van der Waals surface area contributed by atoms with Crippen molar-refractivity contribution in [3.63, 3.8) is 0 Å². The second kappa shape index (κ2) is 4.02. The fraction of sp³-hybridized carbons (Fsp3) is 0.385. The number of fused-ring (bicyclic) bond motifs is 3. The van der Waals surface area contributed by atoms with Crippen LogP contribution in [0.3, 0.4) is 0 Å². The molecule has 0 unspecified atom stereocenters. The molecule has 2 aromatic rings. The van der Waals surface area contributed by atoms with Gasteiger partial charge in [0.1, 0.15) is 15.5 Å². The number of halogens is 1. The highest BCUT2D eigenvalue weighted by Crippen LogP contribution is 2.36. The van der Waals surface area contributed by atoms with E-state index >= 15 is 0 Å². The summed E-state index contributed by atoms with van der Waals surface area (Å²) < 4.78 is 0. The molecule has 2 aromatic heterocycles. The zero-order chi connectivity index (χ0) is 12.1. The van der Waals surface area contributed by atoms with E-state index in [1.54, 1.807) is 17.5 Å². The quantitative estimate of drug-likeness (QED) is 0.869. The van der Waals surface area contributed by atoms with Crippen molar-refractivity contribution in [2.24, 2.45) is 0 Å². The van der Waals surface area contributed by atoms with Crippen molar-refractivity contribution >= 4 is 38.9 Å². The highest BCUT2D eigenvalue weighted by molar-refractivity contribution is 7.19. The largest absolute Gasteiger partial charge is 0.307 e. The second-order valence-electron chi connectivity index (χ2n) is 4.94. The second-order valence-corrected chi connectivity index (χ2v) is 6.36. The van der Waals surface area contributed by atoms with Crippen LogP contribution in [0.2, 0.25) is 5.15 Å². The molecule has 1 fully saturated rings. The molecule has 2 atom stereocenters. The van der Waals surface area contributed by atoms with Gasteiger partial charge in [-0.1, -0.05) is 17.7 Å². The Hall–Kier alpha value is -0.970. The molecule has 2 aliphatic heterocycles. The molecule has 2 aliphatic rings. The molecule has 5 heteroatoms. The Morgan fingerprint density at radius 2 is 2.33 bits per heavy atom. The van der Waals surface area contributed by atoms with Gasteiger partial charge in [0.05, 0.1) is 6.20 Å². The van der Waals surface area contributed by atoms with Gasteiger partial charge in [-0.3, -0.25) is 4.98 Å². The Labute approximate surface area is 114 Å². The van der Waals surface area contributed by atoms with Crippen molar-refractivity contribution in [1.82, 2.24) is 15.3 Å².